The highest BCUT2D eigenvalue weighted by Gasteiger charge is 2.26. The summed E-state index contributed by atoms with van der Waals surface area (Å²) in [4.78, 5) is 10.6. The molecule has 7 aromatic carbocycles. The summed E-state index contributed by atoms with van der Waals surface area (Å²) >= 11 is 0. The van der Waals surface area contributed by atoms with Gasteiger partial charge < -0.3 is 4.40 Å². The Kier molecular flexibility index (Phi) is 4.85. The summed E-state index contributed by atoms with van der Waals surface area (Å²) < 4.78 is 4.79. The summed E-state index contributed by atoms with van der Waals surface area (Å²) in [6.45, 7) is 0. The highest BCUT2D eigenvalue weighted by atomic mass is 15.1. The number of hydrogen-bond acceptors (Lipinski definition) is 3. The number of para-hydroxylation sites is 4. The maximum Gasteiger partial charge on any atom is 0.165 e. The fourth-order valence-corrected chi connectivity index (χ4v) is 8.03. The molecule has 0 bridgehead atoms. The quantitative estimate of drug-likeness (QED) is 0.196. The van der Waals surface area contributed by atoms with Crippen LogP contribution in [0.3, 0.4) is 0 Å². The fourth-order valence-electron chi connectivity index (χ4n) is 8.03. The van der Waals surface area contributed by atoms with E-state index in [0.29, 0.717) is 5.56 Å². The highest BCUT2D eigenvalue weighted by molar-refractivity contribution is 6.37. The van der Waals surface area contributed by atoms with Crippen molar-refractivity contribution < 1.29 is 0 Å². The average molecular weight is 610 g/mol. The van der Waals surface area contributed by atoms with Gasteiger partial charge in [0.2, 0.25) is 0 Å². The van der Waals surface area contributed by atoms with E-state index < -0.39 is 0 Å². The van der Waals surface area contributed by atoms with Gasteiger partial charge in [0, 0.05) is 43.3 Å². The smallest absolute Gasteiger partial charge is 0.165 e. The Balaban J connectivity index is 1.39. The molecule has 0 atom stereocenters. The molecule has 0 amide bonds. The summed E-state index contributed by atoms with van der Waals surface area (Å²) in [5, 5.41) is 19.3. The Bertz CT molecular complexity index is 3170. The second kappa shape index (κ2) is 9.16. The molecule has 5 nitrogen and oxygen atoms in total. The molecule has 4 aromatic heterocycles. The minimum absolute atomic E-state index is 0.610. The topological polar surface area (TPSA) is 58.9 Å². The molecule has 0 spiro atoms. The van der Waals surface area contributed by atoms with Gasteiger partial charge in [-0.25, -0.2) is 9.97 Å². The molecular weight excluding hydrogens is 587 g/mol. The van der Waals surface area contributed by atoms with Crippen molar-refractivity contribution in [1.82, 2.24) is 18.9 Å². The summed E-state index contributed by atoms with van der Waals surface area (Å²) in [5.41, 5.74) is 9.79. The van der Waals surface area contributed by atoms with Crippen LogP contribution in [0.1, 0.15) is 5.56 Å². The van der Waals surface area contributed by atoms with Crippen LogP contribution in [0.15, 0.2) is 140 Å². The Labute approximate surface area is 273 Å². The monoisotopic (exact) mass is 609 g/mol. The lowest BCUT2D eigenvalue weighted by molar-refractivity contribution is 1.08. The first-order valence-corrected chi connectivity index (χ1v) is 16.1. The van der Waals surface area contributed by atoms with Crippen LogP contribution in [0.2, 0.25) is 0 Å². The van der Waals surface area contributed by atoms with Gasteiger partial charge in [0.05, 0.1) is 50.2 Å². The van der Waals surface area contributed by atoms with Crippen LogP contribution in [-0.2, 0) is 0 Å². The van der Waals surface area contributed by atoms with Gasteiger partial charge in [0.1, 0.15) is 5.69 Å². The highest BCUT2D eigenvalue weighted by Crippen LogP contribution is 2.48. The zero-order valence-electron chi connectivity index (χ0n) is 25.5. The second-order valence-electron chi connectivity index (χ2n) is 12.5. The number of fused-ring (bicyclic) bond motifs is 13. The van der Waals surface area contributed by atoms with Crippen molar-refractivity contribution in [3.05, 3.63) is 145 Å². The zero-order chi connectivity index (χ0) is 31.5. The van der Waals surface area contributed by atoms with Crippen LogP contribution in [0, 0.1) is 11.3 Å². The summed E-state index contributed by atoms with van der Waals surface area (Å²) in [6, 6.07) is 50.9. The first-order valence-electron chi connectivity index (χ1n) is 16.1. The Morgan fingerprint density at radius 3 is 2.00 bits per heavy atom. The maximum absolute atomic E-state index is 9.52. The lowest BCUT2D eigenvalue weighted by Gasteiger charge is -2.14. The molecule has 0 aliphatic rings. The van der Waals surface area contributed by atoms with Gasteiger partial charge in [-0.1, -0.05) is 97.1 Å². The van der Waals surface area contributed by atoms with Gasteiger partial charge in [-0.2, -0.15) is 5.26 Å². The van der Waals surface area contributed by atoms with E-state index in [1.807, 2.05) is 48.5 Å². The molecule has 11 aromatic rings. The molecule has 5 heteroatoms. The molecule has 0 saturated carbocycles. The van der Waals surface area contributed by atoms with E-state index >= 15 is 0 Å². The van der Waals surface area contributed by atoms with Crippen molar-refractivity contribution in [2.24, 2.45) is 0 Å². The largest absolute Gasteiger partial charge is 0.307 e. The first-order chi connectivity index (χ1) is 23.8. The molecule has 0 aliphatic heterocycles. The van der Waals surface area contributed by atoms with Gasteiger partial charge in [-0.05, 0) is 47.9 Å². The SMILES string of the molecule is N#Cc1ccc(-c2nc3ccccc3nc2-n2c3ccccc3c3c4c5ccc6ccccc6c5n5c6ccccc6c(cc32)c45)cc1. The van der Waals surface area contributed by atoms with E-state index in [1.54, 1.807) is 0 Å². The van der Waals surface area contributed by atoms with E-state index in [4.69, 9.17) is 9.97 Å². The number of hydrogen-bond donors (Lipinski definition) is 0. The Hall–Kier alpha value is -6.77. The molecule has 0 fully saturated rings. The van der Waals surface area contributed by atoms with E-state index in [-0.39, 0.29) is 0 Å². The van der Waals surface area contributed by atoms with Gasteiger partial charge in [-0.3, -0.25) is 4.57 Å². The van der Waals surface area contributed by atoms with Crippen molar-refractivity contribution >= 4 is 81.7 Å². The predicted molar refractivity (Wildman–Crippen MR) is 196 cm³/mol. The number of rotatable bonds is 2. The molecule has 48 heavy (non-hydrogen) atoms. The van der Waals surface area contributed by atoms with Gasteiger partial charge in [0.25, 0.3) is 0 Å². The van der Waals surface area contributed by atoms with Gasteiger partial charge >= 0.3 is 0 Å². The van der Waals surface area contributed by atoms with E-state index in [2.05, 4.69) is 106 Å². The zero-order valence-corrected chi connectivity index (χ0v) is 25.5. The lowest BCUT2D eigenvalue weighted by Crippen LogP contribution is -2.03. The molecule has 0 unspecified atom stereocenters. The third kappa shape index (κ3) is 3.18. The second-order valence-corrected chi connectivity index (χ2v) is 12.5. The normalized spacial score (nSPS) is 12.1. The summed E-state index contributed by atoms with van der Waals surface area (Å²) in [6.07, 6.45) is 0. The van der Waals surface area contributed by atoms with Crippen LogP contribution in [-0.4, -0.2) is 18.9 Å². The minimum Gasteiger partial charge on any atom is -0.307 e. The lowest BCUT2D eigenvalue weighted by atomic mass is 10.00. The number of nitrogens with zero attached hydrogens (tertiary/aromatic N) is 5. The predicted octanol–water partition coefficient (Wildman–Crippen LogP) is 10.6. The van der Waals surface area contributed by atoms with Crippen LogP contribution in [0.25, 0.3) is 98.8 Å². The summed E-state index contributed by atoms with van der Waals surface area (Å²) in [5.74, 6) is 0.761. The van der Waals surface area contributed by atoms with Crippen LogP contribution >= 0.6 is 0 Å². The third-order valence-electron chi connectivity index (χ3n) is 10.0. The van der Waals surface area contributed by atoms with Crippen molar-refractivity contribution in [3.63, 3.8) is 0 Å². The molecule has 0 N–H and O–H groups in total. The molecule has 0 aliphatic carbocycles. The average Bonchev–Trinajstić information content (AvgIpc) is 3.78. The van der Waals surface area contributed by atoms with Crippen molar-refractivity contribution in [2.45, 2.75) is 0 Å². The van der Waals surface area contributed by atoms with E-state index in [9.17, 15) is 5.26 Å². The minimum atomic E-state index is 0.610. The Morgan fingerprint density at radius 1 is 0.500 bits per heavy atom. The first kappa shape index (κ1) is 25.4. The molecule has 0 radical (unpaired) electrons. The third-order valence-corrected chi connectivity index (χ3v) is 10.0. The number of aromatic nitrogens is 4. The van der Waals surface area contributed by atoms with Crippen molar-refractivity contribution in [1.29, 1.82) is 5.26 Å². The fraction of sp³-hybridized carbons (Fsp3) is 0. The molecule has 11 rings (SSSR count). The molecular formula is C43H23N5. The number of nitriles is 1. The number of benzene rings is 7. The standard InChI is InChI=1S/C43H23N5/c44-24-25-17-19-27(20-18-25)40-43(46-34-14-6-5-13-33(34)45-40)47-36-16-8-4-12-30(36)38-37(47)23-32-29-11-3-7-15-35(29)48-41-28-10-2-1-9-26(28)21-22-31(41)39(38)42(32)48/h1-23H. The molecule has 0 saturated heterocycles. The Morgan fingerprint density at radius 2 is 1.19 bits per heavy atom. The van der Waals surface area contributed by atoms with E-state index in [1.165, 1.54) is 59.6 Å². The molecule has 4 heterocycles. The van der Waals surface area contributed by atoms with Crippen LogP contribution in [0.5, 0.6) is 0 Å². The van der Waals surface area contributed by atoms with Crippen molar-refractivity contribution in [3.8, 4) is 23.1 Å². The maximum atomic E-state index is 9.52. The van der Waals surface area contributed by atoms with Crippen molar-refractivity contribution in [2.75, 3.05) is 0 Å². The molecule has 220 valence electrons. The van der Waals surface area contributed by atoms with E-state index in [0.717, 1.165) is 39.1 Å². The van der Waals surface area contributed by atoms with Crippen LogP contribution in [0.4, 0.5) is 0 Å². The van der Waals surface area contributed by atoms with Gasteiger partial charge in [-0.15, -0.1) is 0 Å². The summed E-state index contributed by atoms with van der Waals surface area (Å²) in [7, 11) is 0. The van der Waals surface area contributed by atoms with Crippen LogP contribution < -0.4 is 0 Å². The van der Waals surface area contributed by atoms with Gasteiger partial charge in [0.15, 0.2) is 5.82 Å².